The van der Waals surface area contributed by atoms with Gasteiger partial charge in [0.25, 0.3) is 5.69 Å². The van der Waals surface area contributed by atoms with E-state index in [-0.39, 0.29) is 11.0 Å². The van der Waals surface area contributed by atoms with Gasteiger partial charge >= 0.3 is 0 Å². The predicted octanol–water partition coefficient (Wildman–Crippen LogP) is 2.48. The van der Waals surface area contributed by atoms with E-state index in [9.17, 15) is 10.1 Å². The summed E-state index contributed by atoms with van der Waals surface area (Å²) in [5.74, 6) is 0.372. The van der Waals surface area contributed by atoms with Gasteiger partial charge in [0.2, 0.25) is 5.96 Å². The maximum atomic E-state index is 10.6. The second-order valence-corrected chi connectivity index (χ2v) is 4.18. The fraction of sp³-hybridized carbons (Fsp3) is 0.333. The molecule has 0 bridgehead atoms. The van der Waals surface area contributed by atoms with E-state index in [1.165, 1.54) is 12.1 Å². The Morgan fingerprint density at radius 1 is 1.35 bits per heavy atom. The molecule has 0 unspecified atom stereocenters. The van der Waals surface area contributed by atoms with Crippen molar-refractivity contribution in [2.75, 3.05) is 13.1 Å². The van der Waals surface area contributed by atoms with Crippen LogP contribution < -0.4 is 5.73 Å². The molecule has 0 saturated carbocycles. The Bertz CT molecular complexity index is 519. The summed E-state index contributed by atoms with van der Waals surface area (Å²) >= 11 is 5.59. The number of halogens is 1. The van der Waals surface area contributed by atoms with Gasteiger partial charge in [-0.25, -0.2) is 4.99 Å². The van der Waals surface area contributed by atoms with Crippen molar-refractivity contribution in [1.82, 2.24) is 4.90 Å². The summed E-state index contributed by atoms with van der Waals surface area (Å²) in [6.45, 7) is 5.29. The van der Waals surface area contributed by atoms with Crippen LogP contribution in [0, 0.1) is 10.1 Å². The molecule has 0 aliphatic heterocycles. The van der Waals surface area contributed by atoms with E-state index in [0.717, 1.165) is 0 Å². The Morgan fingerprint density at radius 3 is 2.30 bits per heavy atom. The summed E-state index contributed by atoms with van der Waals surface area (Å²) in [5.41, 5.74) is 5.93. The minimum absolute atomic E-state index is 0.00805. The monoisotopic (exact) mass is 297 g/mol. The Kier molecular flexibility index (Phi) is 5.92. The number of nitro groups is 1. The zero-order valence-corrected chi connectivity index (χ0v) is 12.0. The predicted molar refractivity (Wildman–Crippen MR) is 80.6 cm³/mol. The van der Waals surface area contributed by atoms with Gasteiger partial charge in [0.15, 0.2) is 5.29 Å². The van der Waals surface area contributed by atoms with Crippen LogP contribution >= 0.6 is 11.6 Å². The lowest BCUT2D eigenvalue weighted by Gasteiger charge is -2.19. The molecule has 8 heteroatoms. The van der Waals surface area contributed by atoms with Crippen LogP contribution in [0.2, 0.25) is 0 Å². The highest BCUT2D eigenvalue weighted by Gasteiger charge is 2.08. The van der Waals surface area contributed by atoms with Crippen molar-refractivity contribution in [2.45, 2.75) is 13.8 Å². The number of guanidine groups is 1. The number of nitro benzene ring substituents is 1. The molecule has 1 rings (SSSR count). The standard InChI is InChI=1S/C12H16ClN5O2/c1-3-17(4-2)12(16-11(13)14)15-9-5-7-10(8-6-9)18(19)20/h5-8H,3-4H2,1-2H3,(H2,14,15,16). The first-order valence-corrected chi connectivity index (χ1v) is 6.43. The summed E-state index contributed by atoms with van der Waals surface area (Å²) in [6, 6.07) is 5.85. The number of nitrogens with zero attached hydrogens (tertiary/aromatic N) is 4. The van der Waals surface area contributed by atoms with Crippen LogP contribution in [-0.2, 0) is 0 Å². The Morgan fingerprint density at radius 2 is 1.90 bits per heavy atom. The normalized spacial score (nSPS) is 12.3. The quantitative estimate of drug-likeness (QED) is 0.303. The second kappa shape index (κ2) is 7.44. The average Bonchev–Trinajstić information content (AvgIpc) is 2.40. The van der Waals surface area contributed by atoms with Gasteiger partial charge < -0.3 is 10.6 Å². The lowest BCUT2D eigenvalue weighted by atomic mass is 10.3. The summed E-state index contributed by atoms with van der Waals surface area (Å²) in [7, 11) is 0. The van der Waals surface area contributed by atoms with Crippen molar-refractivity contribution in [1.29, 1.82) is 0 Å². The van der Waals surface area contributed by atoms with Gasteiger partial charge in [-0.1, -0.05) is 0 Å². The van der Waals surface area contributed by atoms with Crippen LogP contribution in [0.15, 0.2) is 34.3 Å². The van der Waals surface area contributed by atoms with E-state index in [4.69, 9.17) is 17.3 Å². The highest BCUT2D eigenvalue weighted by molar-refractivity contribution is 6.65. The minimum Gasteiger partial charge on any atom is -0.374 e. The van der Waals surface area contributed by atoms with Crippen LogP contribution in [0.4, 0.5) is 11.4 Å². The highest BCUT2D eigenvalue weighted by Crippen LogP contribution is 2.18. The molecular weight excluding hydrogens is 282 g/mol. The van der Waals surface area contributed by atoms with Gasteiger partial charge in [-0.3, -0.25) is 10.1 Å². The smallest absolute Gasteiger partial charge is 0.269 e. The topological polar surface area (TPSA) is 97.1 Å². The van der Waals surface area contributed by atoms with Crippen LogP contribution in [0.5, 0.6) is 0 Å². The van der Waals surface area contributed by atoms with E-state index < -0.39 is 4.92 Å². The number of non-ortho nitro benzene ring substituents is 1. The molecule has 0 fully saturated rings. The minimum atomic E-state index is -0.465. The van der Waals surface area contributed by atoms with Gasteiger partial charge in [0.1, 0.15) is 0 Å². The lowest BCUT2D eigenvalue weighted by Crippen LogP contribution is -2.30. The summed E-state index contributed by atoms with van der Waals surface area (Å²) in [4.78, 5) is 20.3. The van der Waals surface area contributed by atoms with Crippen molar-refractivity contribution in [2.24, 2.45) is 15.7 Å². The summed E-state index contributed by atoms with van der Waals surface area (Å²) in [6.07, 6.45) is 0. The van der Waals surface area contributed by atoms with Crippen molar-refractivity contribution < 1.29 is 4.92 Å². The van der Waals surface area contributed by atoms with Gasteiger partial charge in [0, 0.05) is 25.2 Å². The van der Waals surface area contributed by atoms with Crippen molar-refractivity contribution in [3.8, 4) is 0 Å². The largest absolute Gasteiger partial charge is 0.374 e. The molecule has 1 aromatic rings. The number of rotatable bonds is 4. The van der Waals surface area contributed by atoms with E-state index in [0.29, 0.717) is 24.7 Å². The molecule has 0 spiro atoms. The molecular formula is C12H16ClN5O2. The van der Waals surface area contributed by atoms with E-state index in [1.807, 2.05) is 18.7 Å². The molecule has 108 valence electrons. The third-order valence-electron chi connectivity index (χ3n) is 2.54. The zero-order valence-electron chi connectivity index (χ0n) is 11.3. The summed E-state index contributed by atoms with van der Waals surface area (Å²) < 4.78 is 0. The van der Waals surface area contributed by atoms with Crippen molar-refractivity contribution in [3.05, 3.63) is 34.4 Å². The van der Waals surface area contributed by atoms with Gasteiger partial charge in [-0.2, -0.15) is 4.99 Å². The first kappa shape index (κ1) is 15.9. The lowest BCUT2D eigenvalue weighted by molar-refractivity contribution is -0.384. The number of hydrogen-bond acceptors (Lipinski definition) is 3. The molecule has 20 heavy (non-hydrogen) atoms. The Labute approximate surface area is 121 Å². The van der Waals surface area contributed by atoms with Gasteiger partial charge in [-0.05, 0) is 37.6 Å². The molecule has 0 radical (unpaired) electrons. The van der Waals surface area contributed by atoms with Gasteiger partial charge in [-0.15, -0.1) is 0 Å². The fourth-order valence-electron chi connectivity index (χ4n) is 1.53. The molecule has 1 aromatic carbocycles. The second-order valence-electron chi connectivity index (χ2n) is 3.79. The van der Waals surface area contributed by atoms with Gasteiger partial charge in [0.05, 0.1) is 10.6 Å². The Hall–Kier alpha value is -2.15. The van der Waals surface area contributed by atoms with Crippen LogP contribution in [0.1, 0.15) is 13.8 Å². The molecule has 7 nitrogen and oxygen atoms in total. The van der Waals surface area contributed by atoms with E-state index >= 15 is 0 Å². The van der Waals surface area contributed by atoms with E-state index in [2.05, 4.69) is 9.98 Å². The first-order valence-electron chi connectivity index (χ1n) is 6.05. The molecule has 0 amide bonds. The average molecular weight is 298 g/mol. The maximum Gasteiger partial charge on any atom is 0.269 e. The van der Waals surface area contributed by atoms with Crippen molar-refractivity contribution >= 4 is 34.2 Å². The molecule has 0 aliphatic rings. The fourth-order valence-corrected chi connectivity index (χ4v) is 1.61. The molecule has 2 N–H and O–H groups in total. The third kappa shape index (κ3) is 4.51. The molecule has 0 heterocycles. The zero-order chi connectivity index (χ0) is 15.1. The number of amidine groups is 1. The highest BCUT2D eigenvalue weighted by atomic mass is 35.5. The molecule has 0 saturated heterocycles. The Balaban J connectivity index is 3.12. The van der Waals surface area contributed by atoms with Crippen molar-refractivity contribution in [3.63, 3.8) is 0 Å². The molecule has 0 aromatic heterocycles. The maximum absolute atomic E-state index is 10.6. The van der Waals surface area contributed by atoms with E-state index in [1.54, 1.807) is 12.1 Å². The number of benzene rings is 1. The molecule has 0 atom stereocenters. The molecule has 0 aliphatic carbocycles. The summed E-state index contributed by atoms with van der Waals surface area (Å²) in [5, 5.41) is 10.5. The van der Waals surface area contributed by atoms with Crippen LogP contribution in [-0.4, -0.2) is 34.2 Å². The number of aliphatic imine (C=N–C) groups is 2. The number of nitrogens with two attached hydrogens (primary N) is 1. The SMILES string of the molecule is CCN(CC)C(=Nc1ccc([N+](=O)[O-])cc1)/N=C(/N)Cl. The number of hydrogen-bond donors (Lipinski definition) is 1. The van der Waals surface area contributed by atoms with Crippen LogP contribution in [0.3, 0.4) is 0 Å². The third-order valence-corrected chi connectivity index (χ3v) is 2.63. The first-order chi connectivity index (χ1) is 9.47. The van der Waals surface area contributed by atoms with Crippen LogP contribution in [0.25, 0.3) is 0 Å².